The van der Waals surface area contributed by atoms with Gasteiger partial charge in [0, 0.05) is 31.4 Å². The molecular weight excluding hydrogens is 200 g/mol. The van der Waals surface area contributed by atoms with E-state index in [-0.39, 0.29) is 12.6 Å². The van der Waals surface area contributed by atoms with Crippen molar-refractivity contribution >= 4 is 5.69 Å². The summed E-state index contributed by atoms with van der Waals surface area (Å²) in [4.78, 5) is 2.40. The summed E-state index contributed by atoms with van der Waals surface area (Å²) in [5, 5.41) is 8.96. The standard InChI is InChI=1S/C13H20N2O/c14-12(7-10-16)11-5-1-2-6-13(11)15-8-3-4-9-15/h1-2,5-6,12,16H,3-4,7-10,14H2. The molecule has 0 aromatic heterocycles. The van der Waals surface area contributed by atoms with Crippen LogP contribution in [0.4, 0.5) is 5.69 Å². The van der Waals surface area contributed by atoms with Crippen LogP contribution in [0.25, 0.3) is 0 Å². The van der Waals surface area contributed by atoms with Gasteiger partial charge in [0.15, 0.2) is 0 Å². The molecule has 1 aromatic carbocycles. The number of nitrogens with zero attached hydrogens (tertiary/aromatic N) is 1. The summed E-state index contributed by atoms with van der Waals surface area (Å²) in [6, 6.07) is 8.24. The molecule has 16 heavy (non-hydrogen) atoms. The monoisotopic (exact) mass is 220 g/mol. The number of nitrogens with two attached hydrogens (primary N) is 1. The van der Waals surface area contributed by atoms with Gasteiger partial charge in [0.2, 0.25) is 0 Å². The smallest absolute Gasteiger partial charge is 0.0449 e. The van der Waals surface area contributed by atoms with Gasteiger partial charge in [0.05, 0.1) is 0 Å². The molecule has 1 aliphatic heterocycles. The Kier molecular flexibility index (Phi) is 3.80. The molecule has 0 spiro atoms. The minimum Gasteiger partial charge on any atom is -0.396 e. The zero-order chi connectivity index (χ0) is 11.4. The van der Waals surface area contributed by atoms with E-state index in [0.717, 1.165) is 13.1 Å². The Balaban J connectivity index is 2.22. The van der Waals surface area contributed by atoms with Gasteiger partial charge < -0.3 is 15.7 Å². The van der Waals surface area contributed by atoms with E-state index in [9.17, 15) is 0 Å². The van der Waals surface area contributed by atoms with Crippen molar-refractivity contribution in [1.29, 1.82) is 0 Å². The summed E-state index contributed by atoms with van der Waals surface area (Å²) < 4.78 is 0. The first-order chi connectivity index (χ1) is 7.83. The average molecular weight is 220 g/mol. The van der Waals surface area contributed by atoms with Crippen LogP contribution in [-0.4, -0.2) is 24.8 Å². The van der Waals surface area contributed by atoms with Crippen LogP contribution in [0, 0.1) is 0 Å². The van der Waals surface area contributed by atoms with Crippen molar-refractivity contribution in [2.75, 3.05) is 24.6 Å². The van der Waals surface area contributed by atoms with Gasteiger partial charge in [-0.25, -0.2) is 0 Å². The molecule has 2 rings (SSSR count). The number of aliphatic hydroxyl groups is 1. The van der Waals surface area contributed by atoms with E-state index in [2.05, 4.69) is 23.1 Å². The number of benzene rings is 1. The molecule has 0 amide bonds. The van der Waals surface area contributed by atoms with E-state index in [1.807, 2.05) is 6.07 Å². The molecule has 1 saturated heterocycles. The Morgan fingerprint density at radius 2 is 1.94 bits per heavy atom. The summed E-state index contributed by atoms with van der Waals surface area (Å²) >= 11 is 0. The van der Waals surface area contributed by atoms with Gasteiger partial charge in [-0.05, 0) is 30.9 Å². The van der Waals surface area contributed by atoms with Gasteiger partial charge in [-0.2, -0.15) is 0 Å². The van der Waals surface area contributed by atoms with E-state index < -0.39 is 0 Å². The molecule has 3 nitrogen and oxygen atoms in total. The Morgan fingerprint density at radius 3 is 2.62 bits per heavy atom. The molecule has 88 valence electrons. The minimum atomic E-state index is -0.0539. The predicted molar refractivity (Wildman–Crippen MR) is 66.5 cm³/mol. The molecule has 0 saturated carbocycles. The van der Waals surface area contributed by atoms with E-state index in [1.54, 1.807) is 0 Å². The first-order valence-electron chi connectivity index (χ1n) is 6.03. The van der Waals surface area contributed by atoms with Crippen LogP contribution in [0.1, 0.15) is 30.9 Å². The lowest BCUT2D eigenvalue weighted by Crippen LogP contribution is -2.22. The molecular formula is C13H20N2O. The van der Waals surface area contributed by atoms with Crippen molar-refractivity contribution in [3.05, 3.63) is 29.8 Å². The maximum Gasteiger partial charge on any atom is 0.0449 e. The molecule has 3 heteroatoms. The van der Waals surface area contributed by atoms with Gasteiger partial charge >= 0.3 is 0 Å². The highest BCUT2D eigenvalue weighted by Crippen LogP contribution is 2.29. The van der Waals surface area contributed by atoms with E-state index in [4.69, 9.17) is 10.8 Å². The molecule has 1 aromatic rings. The summed E-state index contributed by atoms with van der Waals surface area (Å²) in [5.41, 5.74) is 8.50. The average Bonchev–Trinajstić information content (AvgIpc) is 2.83. The number of aliphatic hydroxyl groups excluding tert-OH is 1. The fraction of sp³-hybridized carbons (Fsp3) is 0.538. The number of para-hydroxylation sites is 1. The van der Waals surface area contributed by atoms with Crippen LogP contribution >= 0.6 is 0 Å². The number of hydrogen-bond donors (Lipinski definition) is 2. The zero-order valence-corrected chi connectivity index (χ0v) is 9.60. The molecule has 1 unspecified atom stereocenters. The van der Waals surface area contributed by atoms with Crippen LogP contribution in [0.2, 0.25) is 0 Å². The number of rotatable bonds is 4. The van der Waals surface area contributed by atoms with Gasteiger partial charge in [-0.15, -0.1) is 0 Å². The Morgan fingerprint density at radius 1 is 1.25 bits per heavy atom. The Bertz CT molecular complexity index is 334. The SMILES string of the molecule is NC(CCO)c1ccccc1N1CCCC1. The lowest BCUT2D eigenvalue weighted by atomic mass is 10.0. The van der Waals surface area contributed by atoms with E-state index >= 15 is 0 Å². The maximum atomic E-state index is 8.96. The maximum absolute atomic E-state index is 8.96. The quantitative estimate of drug-likeness (QED) is 0.811. The van der Waals surface area contributed by atoms with Crippen LogP contribution in [0.5, 0.6) is 0 Å². The second kappa shape index (κ2) is 5.32. The van der Waals surface area contributed by atoms with Gasteiger partial charge in [-0.1, -0.05) is 18.2 Å². The lowest BCUT2D eigenvalue weighted by molar-refractivity contribution is 0.276. The Hall–Kier alpha value is -1.06. The molecule has 0 bridgehead atoms. The predicted octanol–water partition coefficient (Wildman–Crippen LogP) is 1.67. The highest BCUT2D eigenvalue weighted by atomic mass is 16.3. The lowest BCUT2D eigenvalue weighted by Gasteiger charge is -2.24. The fourth-order valence-electron chi connectivity index (χ4n) is 2.34. The topological polar surface area (TPSA) is 49.5 Å². The zero-order valence-electron chi connectivity index (χ0n) is 9.60. The van der Waals surface area contributed by atoms with Crippen molar-refractivity contribution in [2.45, 2.75) is 25.3 Å². The minimum absolute atomic E-state index is 0.0539. The fourth-order valence-corrected chi connectivity index (χ4v) is 2.34. The van der Waals surface area contributed by atoms with Crippen molar-refractivity contribution in [3.8, 4) is 0 Å². The molecule has 1 aliphatic rings. The summed E-state index contributed by atoms with van der Waals surface area (Å²) in [5.74, 6) is 0. The summed E-state index contributed by atoms with van der Waals surface area (Å²) in [6.45, 7) is 2.40. The second-order valence-electron chi connectivity index (χ2n) is 4.37. The van der Waals surface area contributed by atoms with Crippen LogP contribution in [-0.2, 0) is 0 Å². The first kappa shape index (κ1) is 11.4. The molecule has 3 N–H and O–H groups in total. The van der Waals surface area contributed by atoms with Crippen LogP contribution in [0.15, 0.2) is 24.3 Å². The third-order valence-corrected chi connectivity index (χ3v) is 3.22. The molecule has 1 heterocycles. The molecule has 1 fully saturated rings. The summed E-state index contributed by atoms with van der Waals surface area (Å²) in [7, 11) is 0. The third-order valence-electron chi connectivity index (χ3n) is 3.22. The van der Waals surface area contributed by atoms with Crippen molar-refractivity contribution in [1.82, 2.24) is 0 Å². The van der Waals surface area contributed by atoms with Crippen LogP contribution in [0.3, 0.4) is 0 Å². The van der Waals surface area contributed by atoms with Crippen molar-refractivity contribution in [3.63, 3.8) is 0 Å². The van der Waals surface area contributed by atoms with E-state index in [1.165, 1.54) is 24.1 Å². The number of anilines is 1. The highest BCUT2D eigenvalue weighted by molar-refractivity contribution is 5.55. The number of hydrogen-bond acceptors (Lipinski definition) is 3. The highest BCUT2D eigenvalue weighted by Gasteiger charge is 2.18. The van der Waals surface area contributed by atoms with Gasteiger partial charge in [0.25, 0.3) is 0 Å². The largest absolute Gasteiger partial charge is 0.396 e. The summed E-state index contributed by atoms with van der Waals surface area (Å²) in [6.07, 6.45) is 3.16. The molecule has 0 aliphatic carbocycles. The molecule has 0 radical (unpaired) electrons. The second-order valence-corrected chi connectivity index (χ2v) is 4.37. The van der Waals surface area contributed by atoms with Gasteiger partial charge in [0.1, 0.15) is 0 Å². The normalized spacial score (nSPS) is 17.8. The van der Waals surface area contributed by atoms with Gasteiger partial charge in [-0.3, -0.25) is 0 Å². The first-order valence-corrected chi connectivity index (χ1v) is 6.03. The Labute approximate surface area is 96.9 Å². The van der Waals surface area contributed by atoms with Crippen molar-refractivity contribution in [2.24, 2.45) is 5.73 Å². The van der Waals surface area contributed by atoms with Crippen LogP contribution < -0.4 is 10.6 Å². The van der Waals surface area contributed by atoms with Crippen molar-refractivity contribution < 1.29 is 5.11 Å². The third kappa shape index (κ3) is 2.36. The van der Waals surface area contributed by atoms with E-state index in [0.29, 0.717) is 6.42 Å². The molecule has 1 atom stereocenters.